The summed E-state index contributed by atoms with van der Waals surface area (Å²) in [4.78, 5) is 0. The van der Waals surface area contributed by atoms with E-state index >= 15 is 0 Å². The molecule has 1 fully saturated rings. The van der Waals surface area contributed by atoms with Crippen molar-refractivity contribution in [3.8, 4) is 0 Å². The summed E-state index contributed by atoms with van der Waals surface area (Å²) in [5.41, 5.74) is 0.854. The molecular formula is C18H28FN. The summed E-state index contributed by atoms with van der Waals surface area (Å²) in [6.45, 7) is 3.22. The Labute approximate surface area is 123 Å². The highest BCUT2D eigenvalue weighted by molar-refractivity contribution is 5.18. The van der Waals surface area contributed by atoms with Crippen LogP contribution in [0.2, 0.25) is 0 Å². The van der Waals surface area contributed by atoms with Crippen LogP contribution < -0.4 is 5.32 Å². The molecule has 0 saturated heterocycles. The maximum Gasteiger partial charge on any atom is 0.126 e. The van der Waals surface area contributed by atoms with E-state index in [1.165, 1.54) is 38.5 Å². The van der Waals surface area contributed by atoms with Crippen LogP contribution in [-0.2, 0) is 6.42 Å². The lowest BCUT2D eigenvalue weighted by atomic mass is 9.95. The third kappa shape index (κ3) is 4.90. The summed E-state index contributed by atoms with van der Waals surface area (Å²) in [7, 11) is 0. The molecule has 20 heavy (non-hydrogen) atoms. The van der Waals surface area contributed by atoms with E-state index in [9.17, 15) is 4.39 Å². The van der Waals surface area contributed by atoms with E-state index in [2.05, 4.69) is 12.2 Å². The molecule has 2 rings (SSSR count). The second kappa shape index (κ2) is 8.41. The second-order valence-electron chi connectivity index (χ2n) is 6.17. The molecular weight excluding hydrogens is 249 g/mol. The molecule has 112 valence electrons. The Morgan fingerprint density at radius 2 is 2.00 bits per heavy atom. The molecule has 0 bridgehead atoms. The molecule has 2 heteroatoms. The highest BCUT2D eigenvalue weighted by Crippen LogP contribution is 2.29. The van der Waals surface area contributed by atoms with Gasteiger partial charge in [-0.3, -0.25) is 0 Å². The van der Waals surface area contributed by atoms with E-state index in [4.69, 9.17) is 0 Å². The summed E-state index contributed by atoms with van der Waals surface area (Å²) in [6, 6.07) is 7.62. The molecule has 1 aromatic rings. The molecule has 0 radical (unpaired) electrons. The third-order valence-corrected chi connectivity index (χ3v) is 4.51. The lowest BCUT2D eigenvalue weighted by Gasteiger charge is -2.20. The van der Waals surface area contributed by atoms with Crippen LogP contribution in [0.15, 0.2) is 24.3 Å². The van der Waals surface area contributed by atoms with Crippen LogP contribution in [0.25, 0.3) is 0 Å². The van der Waals surface area contributed by atoms with Crippen LogP contribution in [0.5, 0.6) is 0 Å². The van der Waals surface area contributed by atoms with Crippen LogP contribution in [0.1, 0.15) is 57.4 Å². The summed E-state index contributed by atoms with van der Waals surface area (Å²) >= 11 is 0. The Kier molecular flexibility index (Phi) is 6.52. The minimum Gasteiger partial charge on any atom is -0.314 e. The molecule has 1 nitrogen and oxygen atoms in total. The van der Waals surface area contributed by atoms with Gasteiger partial charge in [0.25, 0.3) is 0 Å². The van der Waals surface area contributed by atoms with Crippen molar-refractivity contribution in [1.29, 1.82) is 0 Å². The first kappa shape index (κ1) is 15.5. The van der Waals surface area contributed by atoms with Gasteiger partial charge >= 0.3 is 0 Å². The fourth-order valence-corrected chi connectivity index (χ4v) is 3.29. The highest BCUT2D eigenvalue weighted by atomic mass is 19.1. The number of nitrogens with one attached hydrogen (secondary N) is 1. The zero-order chi connectivity index (χ0) is 14.2. The molecule has 1 aliphatic carbocycles. The molecule has 0 aliphatic heterocycles. The van der Waals surface area contributed by atoms with Crippen LogP contribution in [0.3, 0.4) is 0 Å². The average molecular weight is 277 g/mol. The number of rotatable bonds is 8. The maximum atomic E-state index is 13.8. The highest BCUT2D eigenvalue weighted by Gasteiger charge is 2.18. The van der Waals surface area contributed by atoms with Crippen molar-refractivity contribution in [2.75, 3.05) is 6.54 Å². The Bertz CT molecular complexity index is 385. The van der Waals surface area contributed by atoms with Gasteiger partial charge in [-0.1, -0.05) is 50.8 Å². The lowest BCUT2D eigenvalue weighted by Crippen LogP contribution is -2.32. The Balaban J connectivity index is 1.87. The van der Waals surface area contributed by atoms with Crippen molar-refractivity contribution in [1.82, 2.24) is 5.32 Å². The van der Waals surface area contributed by atoms with Crippen molar-refractivity contribution in [2.24, 2.45) is 5.92 Å². The van der Waals surface area contributed by atoms with Crippen LogP contribution >= 0.6 is 0 Å². The average Bonchev–Trinajstić information content (AvgIpc) is 2.97. The summed E-state index contributed by atoms with van der Waals surface area (Å²) in [5, 5.41) is 3.60. The predicted octanol–water partition coefficient (Wildman–Crippen LogP) is 4.71. The minimum absolute atomic E-state index is 0.0586. The second-order valence-corrected chi connectivity index (χ2v) is 6.17. The topological polar surface area (TPSA) is 12.0 Å². The fourth-order valence-electron chi connectivity index (χ4n) is 3.29. The van der Waals surface area contributed by atoms with E-state index in [-0.39, 0.29) is 5.82 Å². The molecule has 0 amide bonds. The van der Waals surface area contributed by atoms with Crippen molar-refractivity contribution in [2.45, 2.75) is 64.3 Å². The third-order valence-electron chi connectivity index (χ3n) is 4.51. The van der Waals surface area contributed by atoms with Gasteiger partial charge in [0.05, 0.1) is 0 Å². The van der Waals surface area contributed by atoms with Gasteiger partial charge in [0.2, 0.25) is 0 Å². The van der Waals surface area contributed by atoms with Gasteiger partial charge in [0, 0.05) is 6.04 Å². The van der Waals surface area contributed by atoms with Gasteiger partial charge in [-0.05, 0) is 49.8 Å². The number of hydrogen-bond donors (Lipinski definition) is 1. The quantitative estimate of drug-likeness (QED) is 0.726. The molecule has 1 unspecified atom stereocenters. The van der Waals surface area contributed by atoms with Crippen LogP contribution in [-0.4, -0.2) is 12.6 Å². The fraction of sp³-hybridized carbons (Fsp3) is 0.667. The molecule has 1 aliphatic rings. The van der Waals surface area contributed by atoms with E-state index in [0.29, 0.717) is 6.04 Å². The zero-order valence-electron chi connectivity index (χ0n) is 12.7. The smallest absolute Gasteiger partial charge is 0.126 e. The molecule has 1 atom stereocenters. The maximum absolute atomic E-state index is 13.8. The molecule has 1 N–H and O–H groups in total. The number of halogens is 1. The van der Waals surface area contributed by atoms with Crippen molar-refractivity contribution in [3.05, 3.63) is 35.6 Å². The monoisotopic (exact) mass is 277 g/mol. The summed E-state index contributed by atoms with van der Waals surface area (Å²) in [5.74, 6) is 0.859. The van der Waals surface area contributed by atoms with Crippen molar-refractivity contribution < 1.29 is 4.39 Å². The zero-order valence-corrected chi connectivity index (χ0v) is 12.7. The molecule has 1 saturated carbocycles. The standard InChI is InChI=1S/C18H28FN/c1-2-13-20-17(12-11-15-7-3-4-8-15)14-16-9-5-6-10-18(16)19/h5-6,9-10,15,17,20H,2-4,7-8,11-14H2,1H3. The lowest BCUT2D eigenvalue weighted by molar-refractivity contribution is 0.399. The molecule has 1 aromatic carbocycles. The van der Waals surface area contributed by atoms with Gasteiger partial charge in [0.15, 0.2) is 0 Å². The normalized spacial score (nSPS) is 17.5. The van der Waals surface area contributed by atoms with Crippen molar-refractivity contribution in [3.63, 3.8) is 0 Å². The van der Waals surface area contributed by atoms with Gasteiger partial charge in [0.1, 0.15) is 5.82 Å². The van der Waals surface area contributed by atoms with E-state index < -0.39 is 0 Å². The van der Waals surface area contributed by atoms with E-state index in [1.807, 2.05) is 12.1 Å². The van der Waals surface area contributed by atoms with E-state index in [1.54, 1.807) is 12.1 Å². The number of benzene rings is 1. The van der Waals surface area contributed by atoms with Gasteiger partial charge < -0.3 is 5.32 Å². The Hall–Kier alpha value is -0.890. The number of hydrogen-bond acceptors (Lipinski definition) is 1. The minimum atomic E-state index is -0.0586. The summed E-state index contributed by atoms with van der Waals surface area (Å²) in [6.07, 6.45) is 10.1. The predicted molar refractivity (Wildman–Crippen MR) is 83.4 cm³/mol. The first-order chi connectivity index (χ1) is 9.79. The largest absolute Gasteiger partial charge is 0.314 e. The molecule has 0 heterocycles. The first-order valence-corrected chi connectivity index (χ1v) is 8.26. The van der Waals surface area contributed by atoms with Gasteiger partial charge in [-0.2, -0.15) is 0 Å². The van der Waals surface area contributed by atoms with Crippen molar-refractivity contribution >= 4 is 0 Å². The first-order valence-electron chi connectivity index (χ1n) is 8.26. The Morgan fingerprint density at radius 3 is 2.70 bits per heavy atom. The molecule has 0 aromatic heterocycles. The van der Waals surface area contributed by atoms with Crippen LogP contribution in [0, 0.1) is 11.7 Å². The summed E-state index contributed by atoms with van der Waals surface area (Å²) < 4.78 is 13.8. The van der Waals surface area contributed by atoms with Crippen LogP contribution in [0.4, 0.5) is 4.39 Å². The van der Waals surface area contributed by atoms with Gasteiger partial charge in [-0.25, -0.2) is 4.39 Å². The Morgan fingerprint density at radius 1 is 1.25 bits per heavy atom. The van der Waals surface area contributed by atoms with Gasteiger partial charge in [-0.15, -0.1) is 0 Å². The molecule has 0 spiro atoms. The SMILES string of the molecule is CCCNC(CCC1CCCC1)Cc1ccccc1F. The van der Waals surface area contributed by atoms with E-state index in [0.717, 1.165) is 30.9 Å².